The van der Waals surface area contributed by atoms with Gasteiger partial charge in [0.25, 0.3) is 0 Å². The van der Waals surface area contributed by atoms with Gasteiger partial charge in [0.1, 0.15) is 5.82 Å². The van der Waals surface area contributed by atoms with Crippen LogP contribution in [0.2, 0.25) is 5.02 Å². The Balaban J connectivity index is 1.58. The predicted molar refractivity (Wildman–Crippen MR) is 95.7 cm³/mol. The lowest BCUT2D eigenvalue weighted by Crippen LogP contribution is -2.48. The van der Waals surface area contributed by atoms with Crippen molar-refractivity contribution in [1.29, 1.82) is 0 Å². The zero-order valence-corrected chi connectivity index (χ0v) is 13.9. The highest BCUT2D eigenvalue weighted by Crippen LogP contribution is 2.21. The molecule has 0 spiro atoms. The third kappa shape index (κ3) is 3.95. The Morgan fingerprint density at radius 1 is 1.04 bits per heavy atom. The maximum Gasteiger partial charge on any atom is 0.246 e. The number of nitrogens with zero attached hydrogens (tertiary/aromatic N) is 2. The molecule has 24 heavy (non-hydrogen) atoms. The van der Waals surface area contributed by atoms with Crippen molar-refractivity contribution in [2.24, 2.45) is 0 Å². The lowest BCUT2D eigenvalue weighted by atomic mass is 10.2. The Morgan fingerprint density at radius 2 is 1.79 bits per heavy atom. The van der Waals surface area contributed by atoms with Crippen molar-refractivity contribution < 1.29 is 9.18 Å². The molecule has 5 heteroatoms. The molecule has 3 rings (SSSR count). The number of anilines is 1. The van der Waals surface area contributed by atoms with E-state index in [4.69, 9.17) is 11.6 Å². The largest absolute Gasteiger partial charge is 0.368 e. The van der Waals surface area contributed by atoms with Crippen LogP contribution in [0, 0.1) is 5.82 Å². The number of rotatable bonds is 3. The first-order chi connectivity index (χ1) is 11.6. The summed E-state index contributed by atoms with van der Waals surface area (Å²) in [6.45, 7) is 2.76. The summed E-state index contributed by atoms with van der Waals surface area (Å²) in [6.07, 6.45) is 2.97. The van der Waals surface area contributed by atoms with Gasteiger partial charge >= 0.3 is 0 Å². The van der Waals surface area contributed by atoms with Crippen molar-refractivity contribution >= 4 is 29.3 Å². The molecule has 1 amide bonds. The molecule has 2 aromatic rings. The molecule has 1 saturated heterocycles. The van der Waals surface area contributed by atoms with E-state index in [1.165, 1.54) is 18.2 Å². The summed E-state index contributed by atoms with van der Waals surface area (Å²) in [5.41, 5.74) is 1.49. The van der Waals surface area contributed by atoms with E-state index < -0.39 is 0 Å². The van der Waals surface area contributed by atoms with E-state index >= 15 is 0 Å². The maximum absolute atomic E-state index is 13.6. The minimum absolute atomic E-state index is 0.0935. The number of carbonyl (C=O) groups is 1. The summed E-state index contributed by atoms with van der Waals surface area (Å²) in [4.78, 5) is 16.2. The average molecular weight is 345 g/mol. The molecule has 3 nitrogen and oxygen atoms in total. The molecule has 0 N–H and O–H groups in total. The SMILES string of the molecule is O=C(/C=C/c1ccccc1F)N1CCN(c2cccc(Cl)c2)CC1. The van der Waals surface area contributed by atoms with Crippen LogP contribution in [0.1, 0.15) is 5.56 Å². The van der Waals surface area contributed by atoms with Gasteiger partial charge in [-0.15, -0.1) is 0 Å². The monoisotopic (exact) mass is 344 g/mol. The molecule has 0 unspecified atom stereocenters. The second-order valence-electron chi connectivity index (χ2n) is 5.65. The van der Waals surface area contributed by atoms with Crippen LogP contribution in [0.3, 0.4) is 0 Å². The Hall–Kier alpha value is -2.33. The highest BCUT2D eigenvalue weighted by molar-refractivity contribution is 6.30. The van der Waals surface area contributed by atoms with Crippen LogP contribution in [0.5, 0.6) is 0 Å². The molecular weight excluding hydrogens is 327 g/mol. The smallest absolute Gasteiger partial charge is 0.246 e. The third-order valence-corrected chi connectivity index (χ3v) is 4.31. The average Bonchev–Trinajstić information content (AvgIpc) is 2.61. The molecule has 0 bridgehead atoms. The number of benzene rings is 2. The van der Waals surface area contributed by atoms with Crippen LogP contribution < -0.4 is 4.90 Å². The van der Waals surface area contributed by atoms with Crippen molar-refractivity contribution in [3.05, 3.63) is 71.0 Å². The molecule has 1 aliphatic heterocycles. The van der Waals surface area contributed by atoms with Crippen molar-refractivity contribution in [3.8, 4) is 0 Å². The Kier molecular flexibility index (Phi) is 5.16. The van der Waals surface area contributed by atoms with Gasteiger partial charge < -0.3 is 9.80 Å². The Labute approximate surface area is 145 Å². The molecule has 0 aromatic heterocycles. The zero-order valence-electron chi connectivity index (χ0n) is 13.2. The highest BCUT2D eigenvalue weighted by Gasteiger charge is 2.19. The van der Waals surface area contributed by atoms with E-state index in [0.29, 0.717) is 23.7 Å². The predicted octanol–water partition coefficient (Wildman–Crippen LogP) is 3.84. The summed E-state index contributed by atoms with van der Waals surface area (Å²) in [6, 6.07) is 14.1. The molecule has 1 fully saturated rings. The Morgan fingerprint density at radius 3 is 2.50 bits per heavy atom. The summed E-state index contributed by atoms with van der Waals surface area (Å²) < 4.78 is 13.6. The quantitative estimate of drug-likeness (QED) is 0.790. The van der Waals surface area contributed by atoms with Crippen LogP contribution in [-0.2, 0) is 4.79 Å². The second kappa shape index (κ2) is 7.49. The van der Waals surface area contributed by atoms with Crippen molar-refractivity contribution in [1.82, 2.24) is 4.90 Å². The van der Waals surface area contributed by atoms with Gasteiger partial charge in [0.2, 0.25) is 5.91 Å². The lowest BCUT2D eigenvalue weighted by molar-refractivity contribution is -0.126. The van der Waals surface area contributed by atoms with Gasteiger partial charge in [0.15, 0.2) is 0 Å². The fourth-order valence-electron chi connectivity index (χ4n) is 2.73. The van der Waals surface area contributed by atoms with Crippen LogP contribution in [0.4, 0.5) is 10.1 Å². The minimum atomic E-state index is -0.327. The highest BCUT2D eigenvalue weighted by atomic mass is 35.5. The van der Waals surface area contributed by atoms with E-state index in [2.05, 4.69) is 4.90 Å². The van der Waals surface area contributed by atoms with Crippen LogP contribution in [-0.4, -0.2) is 37.0 Å². The fraction of sp³-hybridized carbons (Fsp3) is 0.211. The lowest BCUT2D eigenvalue weighted by Gasteiger charge is -2.35. The molecule has 0 radical (unpaired) electrons. The summed E-state index contributed by atoms with van der Waals surface area (Å²) in [5.74, 6) is -0.420. The maximum atomic E-state index is 13.6. The van der Waals surface area contributed by atoms with Gasteiger partial charge in [-0.25, -0.2) is 4.39 Å². The van der Waals surface area contributed by atoms with E-state index in [-0.39, 0.29) is 11.7 Å². The standard InChI is InChI=1S/C19H18ClFN2O/c20-16-5-3-6-17(14-16)22-10-12-23(13-11-22)19(24)9-8-15-4-1-2-7-18(15)21/h1-9,14H,10-13H2/b9-8+. The molecular formula is C19H18ClFN2O. The van der Waals surface area contributed by atoms with E-state index in [0.717, 1.165) is 18.8 Å². The van der Waals surface area contributed by atoms with Crippen molar-refractivity contribution in [2.45, 2.75) is 0 Å². The van der Waals surface area contributed by atoms with Crippen molar-refractivity contribution in [2.75, 3.05) is 31.1 Å². The van der Waals surface area contributed by atoms with Gasteiger partial charge in [-0.3, -0.25) is 4.79 Å². The van der Waals surface area contributed by atoms with Gasteiger partial charge in [-0.05, 0) is 30.3 Å². The number of halogens is 2. The number of carbonyl (C=O) groups excluding carboxylic acids is 1. The Bertz CT molecular complexity index is 755. The summed E-state index contributed by atoms with van der Waals surface area (Å²) in [7, 11) is 0. The number of amides is 1. The first-order valence-corrected chi connectivity index (χ1v) is 8.23. The molecule has 0 atom stereocenters. The first-order valence-electron chi connectivity index (χ1n) is 7.85. The fourth-order valence-corrected chi connectivity index (χ4v) is 2.92. The number of hydrogen-bond acceptors (Lipinski definition) is 2. The van der Waals surface area contributed by atoms with Crippen LogP contribution in [0.15, 0.2) is 54.6 Å². The van der Waals surface area contributed by atoms with Crippen molar-refractivity contribution in [3.63, 3.8) is 0 Å². The molecule has 2 aromatic carbocycles. The molecule has 1 aliphatic rings. The molecule has 0 saturated carbocycles. The van der Waals surface area contributed by atoms with Crippen LogP contribution in [0.25, 0.3) is 6.08 Å². The van der Waals surface area contributed by atoms with E-state index in [1.54, 1.807) is 23.1 Å². The topological polar surface area (TPSA) is 23.6 Å². The molecule has 124 valence electrons. The second-order valence-corrected chi connectivity index (χ2v) is 6.08. The van der Waals surface area contributed by atoms with Crippen LogP contribution >= 0.6 is 11.6 Å². The summed E-state index contributed by atoms with van der Waals surface area (Å²) >= 11 is 6.02. The number of piperazine rings is 1. The zero-order chi connectivity index (χ0) is 16.9. The summed E-state index contributed by atoms with van der Waals surface area (Å²) in [5, 5.41) is 0.707. The van der Waals surface area contributed by atoms with Gasteiger partial charge in [0.05, 0.1) is 0 Å². The first kappa shape index (κ1) is 16.5. The number of hydrogen-bond donors (Lipinski definition) is 0. The molecule has 0 aliphatic carbocycles. The van der Waals surface area contributed by atoms with Gasteiger partial charge in [-0.1, -0.05) is 35.9 Å². The van der Waals surface area contributed by atoms with E-state index in [1.807, 2.05) is 24.3 Å². The normalized spacial score (nSPS) is 15.1. The molecule has 1 heterocycles. The third-order valence-electron chi connectivity index (χ3n) is 4.08. The minimum Gasteiger partial charge on any atom is -0.368 e. The van der Waals surface area contributed by atoms with E-state index in [9.17, 15) is 9.18 Å². The van der Waals surface area contributed by atoms with Gasteiger partial charge in [0, 0.05) is 48.5 Å². The van der Waals surface area contributed by atoms with Gasteiger partial charge in [-0.2, -0.15) is 0 Å².